The Balaban J connectivity index is 1.46. The Labute approximate surface area is 141 Å². The zero-order valence-corrected chi connectivity index (χ0v) is 13.7. The fourth-order valence-electron chi connectivity index (χ4n) is 2.75. The molecule has 24 heavy (non-hydrogen) atoms. The number of amides is 1. The molecular weight excluding hydrogens is 302 g/mol. The summed E-state index contributed by atoms with van der Waals surface area (Å²) in [5, 5.41) is 4.02. The number of ether oxygens (including phenoxy) is 1. The zero-order chi connectivity index (χ0) is 16.8. The molecule has 124 valence electrons. The van der Waals surface area contributed by atoms with E-state index in [2.05, 4.69) is 27.6 Å². The zero-order valence-electron chi connectivity index (χ0n) is 13.7. The number of carbonyl (C=O) groups excluding carboxylic acids is 1. The molecule has 0 saturated carbocycles. The lowest BCUT2D eigenvalue weighted by Gasteiger charge is -2.12. The van der Waals surface area contributed by atoms with Crippen LogP contribution in [0.4, 0.5) is 0 Å². The van der Waals surface area contributed by atoms with Crippen LogP contribution in [0.2, 0.25) is 0 Å². The molecule has 3 rings (SSSR count). The van der Waals surface area contributed by atoms with E-state index in [1.807, 2.05) is 43.3 Å². The molecule has 0 fully saturated rings. The highest BCUT2D eigenvalue weighted by Gasteiger charge is 2.19. The molecule has 1 aliphatic rings. The van der Waals surface area contributed by atoms with Gasteiger partial charge in [0.05, 0.1) is 19.4 Å². The van der Waals surface area contributed by atoms with Crippen molar-refractivity contribution in [1.29, 1.82) is 0 Å². The minimum Gasteiger partial charge on any atom is -0.494 e. The summed E-state index contributed by atoms with van der Waals surface area (Å²) in [7, 11) is 0. The van der Waals surface area contributed by atoms with Gasteiger partial charge in [0.25, 0.3) is 5.91 Å². The van der Waals surface area contributed by atoms with Crippen LogP contribution < -0.4 is 10.2 Å². The number of hydrogen-bond donors (Lipinski definition) is 1. The number of fused-ring (bicyclic) bond motifs is 1. The third-order valence-electron chi connectivity index (χ3n) is 3.87. The van der Waals surface area contributed by atoms with E-state index in [-0.39, 0.29) is 5.91 Å². The third kappa shape index (κ3) is 4.20. The van der Waals surface area contributed by atoms with Crippen molar-refractivity contribution in [1.82, 2.24) is 10.3 Å². The van der Waals surface area contributed by atoms with Crippen LogP contribution in [0.5, 0.6) is 5.75 Å². The second-order valence-corrected chi connectivity index (χ2v) is 5.71. The van der Waals surface area contributed by atoms with Crippen molar-refractivity contribution in [3.8, 4) is 5.75 Å². The van der Waals surface area contributed by atoms with Crippen molar-refractivity contribution >= 4 is 12.1 Å². The Morgan fingerprint density at radius 2 is 1.83 bits per heavy atom. The maximum atomic E-state index is 12.0. The molecule has 1 aliphatic heterocycles. The largest absolute Gasteiger partial charge is 0.494 e. The Bertz CT molecular complexity index is 701. The fourth-order valence-corrected chi connectivity index (χ4v) is 2.75. The molecule has 0 saturated heterocycles. The summed E-state index contributed by atoms with van der Waals surface area (Å²) in [4.78, 5) is 14.1. The van der Waals surface area contributed by atoms with Crippen LogP contribution in [0, 0.1) is 0 Å². The van der Waals surface area contributed by atoms with Gasteiger partial charge in [-0.3, -0.25) is 9.69 Å². The van der Waals surface area contributed by atoms with E-state index in [0.717, 1.165) is 24.4 Å². The molecule has 0 aliphatic carbocycles. The predicted molar refractivity (Wildman–Crippen MR) is 93.9 cm³/mol. The predicted octanol–water partition coefficient (Wildman–Crippen LogP) is 2.55. The molecule has 0 aromatic heterocycles. The summed E-state index contributed by atoms with van der Waals surface area (Å²) < 4.78 is 5.38. The number of hydrazone groups is 1. The number of nitrogens with one attached hydrogen (secondary N) is 1. The van der Waals surface area contributed by atoms with Crippen LogP contribution in [0.3, 0.4) is 0 Å². The van der Waals surface area contributed by atoms with Gasteiger partial charge >= 0.3 is 0 Å². The van der Waals surface area contributed by atoms with Crippen LogP contribution in [-0.4, -0.2) is 30.2 Å². The molecule has 0 atom stereocenters. The summed E-state index contributed by atoms with van der Waals surface area (Å²) in [5.74, 6) is 0.720. The van der Waals surface area contributed by atoms with E-state index in [4.69, 9.17) is 4.74 Å². The first-order valence-electron chi connectivity index (χ1n) is 8.08. The van der Waals surface area contributed by atoms with E-state index in [0.29, 0.717) is 13.2 Å². The fraction of sp³-hybridized carbons (Fsp3) is 0.263. The third-order valence-corrected chi connectivity index (χ3v) is 3.87. The number of rotatable bonds is 6. The van der Waals surface area contributed by atoms with Gasteiger partial charge in [-0.15, -0.1) is 0 Å². The van der Waals surface area contributed by atoms with E-state index in [9.17, 15) is 4.79 Å². The van der Waals surface area contributed by atoms with Crippen LogP contribution in [0.15, 0.2) is 53.6 Å². The van der Waals surface area contributed by atoms with E-state index < -0.39 is 0 Å². The van der Waals surface area contributed by atoms with Crippen LogP contribution in [0.25, 0.3) is 0 Å². The minimum absolute atomic E-state index is 0.106. The summed E-state index contributed by atoms with van der Waals surface area (Å²) in [6, 6.07) is 15.8. The maximum Gasteiger partial charge on any atom is 0.254 e. The maximum absolute atomic E-state index is 12.0. The summed E-state index contributed by atoms with van der Waals surface area (Å²) in [6.07, 6.45) is 1.63. The quantitative estimate of drug-likeness (QED) is 0.656. The van der Waals surface area contributed by atoms with Gasteiger partial charge in [-0.1, -0.05) is 24.3 Å². The van der Waals surface area contributed by atoms with Crippen molar-refractivity contribution in [2.75, 3.05) is 13.2 Å². The van der Waals surface area contributed by atoms with E-state index in [1.54, 1.807) is 6.21 Å². The topological polar surface area (TPSA) is 53.9 Å². The van der Waals surface area contributed by atoms with Crippen molar-refractivity contribution in [2.45, 2.75) is 20.0 Å². The SMILES string of the molecule is CCOc1ccc(/C=N\NC(=O)CN2Cc3ccccc3C2)cc1. The van der Waals surface area contributed by atoms with Gasteiger partial charge in [0.2, 0.25) is 0 Å². The average molecular weight is 323 g/mol. The molecule has 0 spiro atoms. The van der Waals surface area contributed by atoms with Gasteiger partial charge in [-0.05, 0) is 47.9 Å². The molecule has 5 nitrogen and oxygen atoms in total. The first kappa shape index (κ1) is 16.2. The smallest absolute Gasteiger partial charge is 0.254 e. The Kier molecular flexibility index (Phi) is 5.23. The normalized spacial score (nSPS) is 13.9. The van der Waals surface area contributed by atoms with Crippen molar-refractivity contribution in [3.05, 3.63) is 65.2 Å². The average Bonchev–Trinajstić information content (AvgIpc) is 2.99. The van der Waals surface area contributed by atoms with Gasteiger partial charge in [-0.25, -0.2) is 5.43 Å². The number of carbonyl (C=O) groups is 1. The summed E-state index contributed by atoms with van der Waals surface area (Å²) >= 11 is 0. The van der Waals surface area contributed by atoms with Gasteiger partial charge in [0, 0.05) is 13.1 Å². The first-order valence-corrected chi connectivity index (χ1v) is 8.08. The summed E-state index contributed by atoms with van der Waals surface area (Å²) in [5.41, 5.74) is 6.08. The van der Waals surface area contributed by atoms with Crippen molar-refractivity contribution in [3.63, 3.8) is 0 Å². The van der Waals surface area contributed by atoms with Gasteiger partial charge in [-0.2, -0.15) is 5.10 Å². The van der Waals surface area contributed by atoms with Crippen LogP contribution >= 0.6 is 0 Å². The standard InChI is InChI=1S/C19H21N3O2/c1-2-24-18-9-7-15(8-10-18)11-20-21-19(23)14-22-12-16-5-3-4-6-17(16)13-22/h3-11H,2,12-14H2,1H3,(H,21,23)/b20-11-. The highest BCUT2D eigenvalue weighted by Crippen LogP contribution is 2.21. The monoisotopic (exact) mass is 323 g/mol. The Morgan fingerprint density at radius 1 is 1.17 bits per heavy atom. The molecule has 1 heterocycles. The van der Waals surface area contributed by atoms with Crippen molar-refractivity contribution in [2.24, 2.45) is 5.10 Å². The molecule has 5 heteroatoms. The molecule has 0 radical (unpaired) electrons. The van der Waals surface area contributed by atoms with Gasteiger partial charge in [0.15, 0.2) is 0 Å². The molecule has 2 aromatic carbocycles. The lowest BCUT2D eigenvalue weighted by molar-refractivity contribution is -0.122. The highest BCUT2D eigenvalue weighted by atomic mass is 16.5. The van der Waals surface area contributed by atoms with Crippen LogP contribution in [-0.2, 0) is 17.9 Å². The highest BCUT2D eigenvalue weighted by molar-refractivity contribution is 5.83. The number of hydrogen-bond acceptors (Lipinski definition) is 4. The number of nitrogens with zero attached hydrogens (tertiary/aromatic N) is 2. The second-order valence-electron chi connectivity index (χ2n) is 5.71. The Hall–Kier alpha value is -2.66. The molecule has 0 bridgehead atoms. The molecule has 1 amide bonds. The Morgan fingerprint density at radius 3 is 2.46 bits per heavy atom. The molecular formula is C19H21N3O2. The molecule has 2 aromatic rings. The second kappa shape index (κ2) is 7.75. The first-order chi connectivity index (χ1) is 11.7. The van der Waals surface area contributed by atoms with Crippen molar-refractivity contribution < 1.29 is 9.53 Å². The number of benzene rings is 2. The molecule has 0 unspecified atom stereocenters. The lowest BCUT2D eigenvalue weighted by Crippen LogP contribution is -2.32. The van der Waals surface area contributed by atoms with E-state index in [1.165, 1.54) is 11.1 Å². The van der Waals surface area contributed by atoms with Gasteiger partial charge < -0.3 is 4.74 Å². The van der Waals surface area contributed by atoms with Gasteiger partial charge in [0.1, 0.15) is 5.75 Å². The lowest BCUT2D eigenvalue weighted by atomic mass is 10.1. The molecule has 1 N–H and O–H groups in total. The summed E-state index contributed by atoms with van der Waals surface area (Å²) in [6.45, 7) is 4.56. The van der Waals surface area contributed by atoms with E-state index >= 15 is 0 Å². The minimum atomic E-state index is -0.106. The van der Waals surface area contributed by atoms with Crippen LogP contribution in [0.1, 0.15) is 23.6 Å².